The molecule has 0 aliphatic carbocycles. The van der Waals surface area contributed by atoms with Gasteiger partial charge in [0.2, 0.25) is 11.8 Å². The largest absolute Gasteiger partial charge is 0.354 e. The fourth-order valence-corrected chi connectivity index (χ4v) is 6.75. The van der Waals surface area contributed by atoms with Gasteiger partial charge in [0, 0.05) is 24.5 Å². The van der Waals surface area contributed by atoms with Crippen LogP contribution in [0.5, 0.6) is 0 Å². The highest BCUT2D eigenvalue weighted by Gasteiger charge is 2.35. The number of hydrogen-bond acceptors (Lipinski definition) is 4. The van der Waals surface area contributed by atoms with Crippen LogP contribution in [0.4, 0.5) is 5.69 Å². The zero-order valence-corrected chi connectivity index (χ0v) is 27.7. The number of sulfonamides is 1. The molecule has 1 unspecified atom stereocenters. The fraction of sp³-hybridized carbons (Fsp3) is 0.278. The van der Waals surface area contributed by atoms with E-state index in [1.807, 2.05) is 70.2 Å². The third-order valence-corrected chi connectivity index (χ3v) is 9.62. The molecule has 0 aromatic heterocycles. The first kappa shape index (κ1) is 33.7. The molecule has 236 valence electrons. The Hall–Kier alpha value is -4.14. The summed E-state index contributed by atoms with van der Waals surface area (Å²) in [5.41, 5.74) is 4.63. The van der Waals surface area contributed by atoms with E-state index in [9.17, 15) is 18.0 Å². The van der Waals surface area contributed by atoms with Crippen LogP contribution in [0.25, 0.3) is 0 Å². The lowest BCUT2D eigenvalue weighted by molar-refractivity contribution is -0.140. The van der Waals surface area contributed by atoms with E-state index >= 15 is 0 Å². The van der Waals surface area contributed by atoms with Gasteiger partial charge in [-0.1, -0.05) is 96.4 Å². The van der Waals surface area contributed by atoms with Gasteiger partial charge in [-0.25, -0.2) is 8.42 Å². The number of aryl methyl sites for hydroxylation is 3. The summed E-state index contributed by atoms with van der Waals surface area (Å²) in [4.78, 5) is 29.8. The predicted molar refractivity (Wildman–Crippen MR) is 181 cm³/mol. The van der Waals surface area contributed by atoms with Gasteiger partial charge in [-0.2, -0.15) is 0 Å². The second kappa shape index (κ2) is 15.2. The third kappa shape index (κ3) is 8.74. The molecule has 45 heavy (non-hydrogen) atoms. The molecule has 0 spiro atoms. The second-order valence-corrected chi connectivity index (χ2v) is 13.6. The topological polar surface area (TPSA) is 86.8 Å². The molecule has 0 radical (unpaired) electrons. The third-order valence-electron chi connectivity index (χ3n) is 7.60. The number of carbonyl (C=O) groups excluding carboxylic acids is 2. The molecular weight excluding hydrogens is 606 g/mol. The van der Waals surface area contributed by atoms with Crippen LogP contribution in [0.15, 0.2) is 102 Å². The Morgan fingerprint density at radius 1 is 0.822 bits per heavy atom. The van der Waals surface area contributed by atoms with E-state index < -0.39 is 28.5 Å². The molecule has 0 aliphatic heterocycles. The number of hydrogen-bond donors (Lipinski definition) is 1. The first-order chi connectivity index (χ1) is 21.5. The molecule has 0 heterocycles. The Morgan fingerprint density at radius 2 is 1.47 bits per heavy atom. The Kier molecular flexibility index (Phi) is 11.4. The van der Waals surface area contributed by atoms with Crippen molar-refractivity contribution >= 4 is 39.1 Å². The number of nitrogens with one attached hydrogen (secondary N) is 1. The van der Waals surface area contributed by atoms with E-state index in [4.69, 9.17) is 11.6 Å². The Morgan fingerprint density at radius 3 is 2.09 bits per heavy atom. The van der Waals surface area contributed by atoms with E-state index in [2.05, 4.69) is 5.32 Å². The number of benzene rings is 4. The highest BCUT2D eigenvalue weighted by atomic mass is 35.5. The summed E-state index contributed by atoms with van der Waals surface area (Å²) in [7, 11) is -4.16. The van der Waals surface area contributed by atoms with Crippen molar-refractivity contribution in [1.29, 1.82) is 0 Å². The lowest BCUT2D eigenvalue weighted by Gasteiger charge is -2.34. The van der Waals surface area contributed by atoms with Crippen LogP contribution >= 0.6 is 11.6 Å². The van der Waals surface area contributed by atoms with Crippen LogP contribution in [0, 0.1) is 20.8 Å². The number of nitrogens with zero attached hydrogens (tertiary/aromatic N) is 2. The van der Waals surface area contributed by atoms with E-state index in [-0.39, 0.29) is 23.8 Å². The molecule has 9 heteroatoms. The van der Waals surface area contributed by atoms with Gasteiger partial charge in [-0.05, 0) is 74.2 Å². The molecule has 0 saturated carbocycles. The van der Waals surface area contributed by atoms with Gasteiger partial charge in [0.25, 0.3) is 10.0 Å². The van der Waals surface area contributed by atoms with Crippen molar-refractivity contribution in [1.82, 2.24) is 10.2 Å². The maximum atomic E-state index is 14.5. The van der Waals surface area contributed by atoms with Crippen LogP contribution in [-0.2, 0) is 32.6 Å². The number of anilines is 1. The lowest BCUT2D eigenvalue weighted by Crippen LogP contribution is -2.53. The normalized spacial score (nSPS) is 11.9. The summed E-state index contributed by atoms with van der Waals surface area (Å²) >= 11 is 6.15. The van der Waals surface area contributed by atoms with Crippen molar-refractivity contribution in [2.45, 2.75) is 58.0 Å². The van der Waals surface area contributed by atoms with Crippen LogP contribution < -0.4 is 9.62 Å². The van der Waals surface area contributed by atoms with Crippen molar-refractivity contribution in [3.05, 3.63) is 130 Å². The SMILES string of the molecule is CCCNC(=O)C(Cc1ccccc1)N(Cc1ccc(Cl)cc1)C(=O)CN(c1ccc(C)cc1C)S(=O)(=O)c1ccc(C)cc1. The average molecular weight is 646 g/mol. The van der Waals surface area contributed by atoms with Crippen molar-refractivity contribution in [2.24, 2.45) is 0 Å². The Labute approximate surface area is 271 Å². The second-order valence-electron chi connectivity index (χ2n) is 11.3. The molecule has 2 amide bonds. The van der Waals surface area contributed by atoms with E-state index in [1.54, 1.807) is 54.6 Å². The molecule has 0 fully saturated rings. The first-order valence-electron chi connectivity index (χ1n) is 15.0. The molecule has 0 saturated heterocycles. The van der Waals surface area contributed by atoms with Gasteiger partial charge >= 0.3 is 0 Å². The van der Waals surface area contributed by atoms with Crippen LogP contribution in [0.3, 0.4) is 0 Å². The first-order valence-corrected chi connectivity index (χ1v) is 16.8. The number of amides is 2. The highest BCUT2D eigenvalue weighted by Crippen LogP contribution is 2.29. The molecule has 1 N–H and O–H groups in total. The fourth-order valence-electron chi connectivity index (χ4n) is 5.14. The summed E-state index contributed by atoms with van der Waals surface area (Å²) in [6.45, 7) is 7.62. The minimum Gasteiger partial charge on any atom is -0.354 e. The summed E-state index contributed by atoms with van der Waals surface area (Å²) in [5.74, 6) is -0.810. The Bertz CT molecular complexity index is 1710. The smallest absolute Gasteiger partial charge is 0.264 e. The van der Waals surface area contributed by atoms with Gasteiger partial charge < -0.3 is 10.2 Å². The molecule has 1 atom stereocenters. The molecule has 4 aromatic rings. The van der Waals surface area contributed by atoms with Gasteiger partial charge in [0.15, 0.2) is 0 Å². The molecule has 7 nitrogen and oxygen atoms in total. The van der Waals surface area contributed by atoms with Crippen LogP contribution in [0.2, 0.25) is 5.02 Å². The average Bonchev–Trinajstić information content (AvgIpc) is 3.02. The van der Waals surface area contributed by atoms with E-state index in [0.717, 1.165) is 33.0 Å². The molecule has 4 rings (SSSR count). The standard InChI is InChI=1S/C36H40ClN3O4S/c1-5-21-38-36(42)34(23-29-9-7-6-8-10-29)39(24-30-14-16-31(37)17-15-30)35(41)25-40(33-20-13-27(3)22-28(33)4)45(43,44)32-18-11-26(2)12-19-32/h6-20,22,34H,5,21,23-25H2,1-4H3,(H,38,42). The van der Waals surface area contributed by atoms with E-state index in [0.29, 0.717) is 22.8 Å². The van der Waals surface area contributed by atoms with E-state index in [1.165, 1.54) is 4.90 Å². The summed E-state index contributed by atoms with van der Waals surface area (Å²) < 4.78 is 29.6. The number of rotatable bonds is 13. The number of carbonyl (C=O) groups is 2. The van der Waals surface area contributed by atoms with Gasteiger partial charge in [-0.3, -0.25) is 13.9 Å². The van der Waals surface area contributed by atoms with Crippen LogP contribution in [-0.4, -0.2) is 44.3 Å². The van der Waals surface area contributed by atoms with Gasteiger partial charge in [-0.15, -0.1) is 0 Å². The van der Waals surface area contributed by atoms with Gasteiger partial charge in [0.1, 0.15) is 12.6 Å². The maximum absolute atomic E-state index is 14.5. The minimum atomic E-state index is -4.16. The van der Waals surface area contributed by atoms with Gasteiger partial charge in [0.05, 0.1) is 10.6 Å². The van der Waals surface area contributed by atoms with Crippen LogP contribution in [0.1, 0.15) is 41.2 Å². The quantitative estimate of drug-likeness (QED) is 0.177. The maximum Gasteiger partial charge on any atom is 0.264 e. The highest BCUT2D eigenvalue weighted by molar-refractivity contribution is 7.92. The monoisotopic (exact) mass is 645 g/mol. The molecule has 0 bridgehead atoms. The van der Waals surface area contributed by atoms with Crippen molar-refractivity contribution in [3.63, 3.8) is 0 Å². The lowest BCUT2D eigenvalue weighted by atomic mass is 10.0. The molecular formula is C36H40ClN3O4S. The zero-order valence-electron chi connectivity index (χ0n) is 26.2. The number of halogens is 1. The summed E-state index contributed by atoms with van der Waals surface area (Å²) in [6, 6.07) is 27.7. The Balaban J connectivity index is 1.81. The summed E-state index contributed by atoms with van der Waals surface area (Å²) in [6.07, 6.45) is 0.980. The molecule has 4 aromatic carbocycles. The predicted octanol–water partition coefficient (Wildman–Crippen LogP) is 6.63. The van der Waals surface area contributed by atoms with Crippen molar-refractivity contribution in [3.8, 4) is 0 Å². The minimum absolute atomic E-state index is 0.0756. The zero-order chi connectivity index (χ0) is 32.6. The molecule has 0 aliphatic rings. The van der Waals surface area contributed by atoms with Crippen molar-refractivity contribution in [2.75, 3.05) is 17.4 Å². The van der Waals surface area contributed by atoms with Crippen molar-refractivity contribution < 1.29 is 18.0 Å². The summed E-state index contributed by atoms with van der Waals surface area (Å²) in [5, 5.41) is 3.50.